The van der Waals surface area contributed by atoms with Crippen LogP contribution in [0.2, 0.25) is 0 Å². The van der Waals surface area contributed by atoms with E-state index in [1.807, 2.05) is 24.4 Å². The van der Waals surface area contributed by atoms with Gasteiger partial charge in [0.1, 0.15) is 0 Å². The highest BCUT2D eigenvalue weighted by atomic mass is 15.5. The summed E-state index contributed by atoms with van der Waals surface area (Å²) in [5.41, 5.74) is 0. The summed E-state index contributed by atoms with van der Waals surface area (Å²) < 4.78 is 0. The molecule has 0 amide bonds. The highest BCUT2D eigenvalue weighted by Crippen LogP contribution is 2.08. The van der Waals surface area contributed by atoms with Crippen molar-refractivity contribution in [3.8, 4) is 0 Å². The Labute approximate surface area is 79.9 Å². The number of allylic oxidation sites excluding steroid dienone is 4. The Hall–Kier alpha value is -1.31. The smallest absolute Gasteiger partial charge is 0.0547 e. The van der Waals surface area contributed by atoms with Gasteiger partial charge in [0, 0.05) is 18.7 Å². The zero-order valence-corrected chi connectivity index (χ0v) is 8.06. The second kappa shape index (κ2) is 5.36. The van der Waals surface area contributed by atoms with E-state index in [1.165, 1.54) is 0 Å². The van der Waals surface area contributed by atoms with Crippen LogP contribution in [0.5, 0.6) is 0 Å². The van der Waals surface area contributed by atoms with Gasteiger partial charge in [-0.1, -0.05) is 37.0 Å². The standard InChI is InChI=1S/C11H16N2/c1-3-4-5-6-7-10-13-11(2)8-9-12-13/h3-7,9,11H,1,8,10H2,2H3/b5-4-,7-6-/t11-/m1/s1. The van der Waals surface area contributed by atoms with Crippen LogP contribution in [0.4, 0.5) is 0 Å². The lowest BCUT2D eigenvalue weighted by Crippen LogP contribution is -2.23. The molecule has 0 aromatic carbocycles. The van der Waals surface area contributed by atoms with Gasteiger partial charge in [-0.2, -0.15) is 5.10 Å². The van der Waals surface area contributed by atoms with Crippen LogP contribution in [0.25, 0.3) is 0 Å². The minimum atomic E-state index is 0.549. The molecule has 0 saturated carbocycles. The van der Waals surface area contributed by atoms with Gasteiger partial charge in [-0.25, -0.2) is 0 Å². The number of hydrogen-bond donors (Lipinski definition) is 0. The molecule has 0 fully saturated rings. The predicted octanol–water partition coefficient (Wildman–Crippen LogP) is 2.36. The van der Waals surface area contributed by atoms with E-state index in [9.17, 15) is 0 Å². The Morgan fingerprint density at radius 2 is 2.38 bits per heavy atom. The molecule has 0 N–H and O–H groups in total. The molecular formula is C11H16N2. The van der Waals surface area contributed by atoms with E-state index in [2.05, 4.69) is 29.7 Å². The summed E-state index contributed by atoms with van der Waals surface area (Å²) in [5.74, 6) is 0. The first kappa shape index (κ1) is 9.78. The molecule has 1 aliphatic rings. The highest BCUT2D eigenvalue weighted by molar-refractivity contribution is 5.59. The molecule has 1 atom stereocenters. The first-order valence-electron chi connectivity index (χ1n) is 4.58. The third-order valence-corrected chi connectivity index (χ3v) is 1.97. The van der Waals surface area contributed by atoms with Crippen molar-refractivity contribution in [2.24, 2.45) is 5.10 Å². The largest absolute Gasteiger partial charge is 0.290 e. The summed E-state index contributed by atoms with van der Waals surface area (Å²) in [6.07, 6.45) is 12.8. The zero-order valence-electron chi connectivity index (χ0n) is 8.06. The summed E-state index contributed by atoms with van der Waals surface area (Å²) in [7, 11) is 0. The maximum absolute atomic E-state index is 4.25. The molecule has 0 bridgehead atoms. The molecule has 0 aromatic rings. The molecule has 1 heterocycles. The fourth-order valence-electron chi connectivity index (χ4n) is 1.16. The van der Waals surface area contributed by atoms with E-state index in [-0.39, 0.29) is 0 Å². The molecule has 2 nitrogen and oxygen atoms in total. The van der Waals surface area contributed by atoms with Gasteiger partial charge >= 0.3 is 0 Å². The third-order valence-electron chi connectivity index (χ3n) is 1.97. The number of hydrogen-bond acceptors (Lipinski definition) is 2. The molecule has 0 radical (unpaired) electrons. The Bertz CT molecular complexity index is 238. The first-order chi connectivity index (χ1) is 6.34. The summed E-state index contributed by atoms with van der Waals surface area (Å²) in [5, 5.41) is 6.33. The van der Waals surface area contributed by atoms with Crippen molar-refractivity contribution in [2.45, 2.75) is 19.4 Å². The van der Waals surface area contributed by atoms with E-state index in [0.29, 0.717) is 6.04 Å². The van der Waals surface area contributed by atoms with Gasteiger partial charge in [0.15, 0.2) is 0 Å². The Kier molecular flexibility index (Phi) is 4.03. The average molecular weight is 176 g/mol. The summed E-state index contributed by atoms with van der Waals surface area (Å²) >= 11 is 0. The summed E-state index contributed by atoms with van der Waals surface area (Å²) in [6, 6.07) is 0.549. The molecule has 0 saturated heterocycles. The van der Waals surface area contributed by atoms with Gasteiger partial charge < -0.3 is 0 Å². The van der Waals surface area contributed by atoms with E-state index in [4.69, 9.17) is 0 Å². The molecule has 0 aliphatic carbocycles. The van der Waals surface area contributed by atoms with Crippen LogP contribution >= 0.6 is 0 Å². The van der Waals surface area contributed by atoms with Crippen molar-refractivity contribution in [1.82, 2.24) is 5.01 Å². The van der Waals surface area contributed by atoms with Gasteiger partial charge in [0.25, 0.3) is 0 Å². The third kappa shape index (κ3) is 3.28. The van der Waals surface area contributed by atoms with E-state index in [1.54, 1.807) is 6.08 Å². The topological polar surface area (TPSA) is 15.6 Å². The van der Waals surface area contributed by atoms with E-state index in [0.717, 1.165) is 13.0 Å². The van der Waals surface area contributed by atoms with Crippen LogP contribution < -0.4 is 0 Å². The van der Waals surface area contributed by atoms with Crippen LogP contribution in [-0.2, 0) is 0 Å². The van der Waals surface area contributed by atoms with E-state index < -0.39 is 0 Å². The molecule has 0 unspecified atom stereocenters. The maximum atomic E-state index is 4.25. The molecular weight excluding hydrogens is 160 g/mol. The molecule has 1 rings (SSSR count). The van der Waals surface area contributed by atoms with Gasteiger partial charge in [-0.05, 0) is 6.92 Å². The average Bonchev–Trinajstić information content (AvgIpc) is 2.52. The number of rotatable bonds is 4. The lowest BCUT2D eigenvalue weighted by atomic mass is 10.2. The fourth-order valence-corrected chi connectivity index (χ4v) is 1.16. The predicted molar refractivity (Wildman–Crippen MR) is 57.8 cm³/mol. The van der Waals surface area contributed by atoms with E-state index >= 15 is 0 Å². The van der Waals surface area contributed by atoms with Crippen molar-refractivity contribution >= 4 is 6.21 Å². The van der Waals surface area contributed by atoms with Gasteiger partial charge in [-0.15, -0.1) is 0 Å². The molecule has 13 heavy (non-hydrogen) atoms. The van der Waals surface area contributed by atoms with Crippen molar-refractivity contribution < 1.29 is 0 Å². The highest BCUT2D eigenvalue weighted by Gasteiger charge is 2.12. The zero-order chi connectivity index (χ0) is 9.52. The molecule has 2 heteroatoms. The van der Waals surface area contributed by atoms with Crippen molar-refractivity contribution in [3.05, 3.63) is 37.0 Å². The Morgan fingerprint density at radius 3 is 3.00 bits per heavy atom. The van der Waals surface area contributed by atoms with Crippen LogP contribution in [0.1, 0.15) is 13.3 Å². The van der Waals surface area contributed by atoms with Crippen molar-refractivity contribution in [1.29, 1.82) is 0 Å². The second-order valence-corrected chi connectivity index (χ2v) is 3.05. The normalized spacial score (nSPS) is 22.2. The van der Waals surface area contributed by atoms with Crippen molar-refractivity contribution in [2.75, 3.05) is 6.54 Å². The van der Waals surface area contributed by atoms with Crippen LogP contribution in [0.15, 0.2) is 42.1 Å². The molecule has 1 aliphatic heterocycles. The molecule has 70 valence electrons. The minimum Gasteiger partial charge on any atom is -0.290 e. The van der Waals surface area contributed by atoms with Crippen LogP contribution in [-0.4, -0.2) is 23.8 Å². The maximum Gasteiger partial charge on any atom is 0.0547 e. The number of hydrazone groups is 1. The fraction of sp³-hybridized carbons (Fsp3) is 0.364. The second-order valence-electron chi connectivity index (χ2n) is 3.05. The van der Waals surface area contributed by atoms with Crippen LogP contribution in [0, 0.1) is 0 Å². The Morgan fingerprint density at radius 1 is 1.54 bits per heavy atom. The van der Waals surface area contributed by atoms with Crippen molar-refractivity contribution in [3.63, 3.8) is 0 Å². The van der Waals surface area contributed by atoms with Crippen LogP contribution in [0.3, 0.4) is 0 Å². The summed E-state index contributed by atoms with van der Waals surface area (Å²) in [4.78, 5) is 0. The Balaban J connectivity index is 2.25. The minimum absolute atomic E-state index is 0.549. The molecule has 0 spiro atoms. The van der Waals surface area contributed by atoms with Gasteiger partial charge in [0.05, 0.1) is 6.54 Å². The first-order valence-corrected chi connectivity index (χ1v) is 4.58. The lowest BCUT2D eigenvalue weighted by molar-refractivity contribution is 0.272. The quantitative estimate of drug-likeness (QED) is 0.600. The summed E-state index contributed by atoms with van der Waals surface area (Å²) in [6.45, 7) is 6.66. The van der Waals surface area contributed by atoms with Gasteiger partial charge in [-0.3, -0.25) is 5.01 Å². The molecule has 0 aromatic heterocycles. The lowest BCUT2D eigenvalue weighted by Gasteiger charge is -2.17. The van der Waals surface area contributed by atoms with Gasteiger partial charge in [0.2, 0.25) is 0 Å². The monoisotopic (exact) mass is 176 g/mol. The number of nitrogens with zero attached hydrogens (tertiary/aromatic N) is 2. The SMILES string of the molecule is C=C/C=C\C=C/CN1N=CC[C@H]1C.